The second kappa shape index (κ2) is 4.45. The van der Waals surface area contributed by atoms with Gasteiger partial charge in [-0.15, -0.1) is 34.3 Å². The maximum atomic E-state index is 6.51. The van der Waals surface area contributed by atoms with Crippen LogP contribution in [0.4, 0.5) is 0 Å². The summed E-state index contributed by atoms with van der Waals surface area (Å²) in [5.74, 6) is 0. The fourth-order valence-electron chi connectivity index (χ4n) is 2.08. The largest absolute Gasteiger partial charge is 0.143 e. The lowest BCUT2D eigenvalue weighted by atomic mass is 10.2. The van der Waals surface area contributed by atoms with E-state index in [4.69, 9.17) is 11.6 Å². The van der Waals surface area contributed by atoms with Crippen LogP contribution >= 0.6 is 50.2 Å². The molecule has 2 aromatic rings. The summed E-state index contributed by atoms with van der Waals surface area (Å²) in [5.41, 5.74) is 1.53. The molecule has 1 aliphatic rings. The summed E-state index contributed by atoms with van der Waals surface area (Å²) >= 11 is 13.6. The zero-order chi connectivity index (χ0) is 11.1. The maximum Gasteiger partial charge on any atom is 0.102 e. The zero-order valence-corrected chi connectivity index (χ0v) is 12.5. The van der Waals surface area contributed by atoms with Gasteiger partial charge in [-0.25, -0.2) is 0 Å². The Balaban J connectivity index is 1.91. The van der Waals surface area contributed by atoms with Gasteiger partial charge in [0.15, 0.2) is 0 Å². The van der Waals surface area contributed by atoms with Crippen LogP contribution in [0.2, 0.25) is 0 Å². The molecule has 0 saturated carbocycles. The molecule has 16 heavy (non-hydrogen) atoms. The van der Waals surface area contributed by atoms with Gasteiger partial charge in [0.25, 0.3) is 0 Å². The van der Waals surface area contributed by atoms with E-state index in [-0.39, 0.29) is 5.38 Å². The Morgan fingerprint density at radius 3 is 2.75 bits per heavy atom. The van der Waals surface area contributed by atoms with Crippen LogP contribution in [-0.4, -0.2) is 0 Å². The minimum Gasteiger partial charge on any atom is -0.143 e. The first kappa shape index (κ1) is 11.3. The average molecular weight is 334 g/mol. The molecule has 2 aromatic heterocycles. The van der Waals surface area contributed by atoms with Gasteiger partial charge in [0.05, 0.1) is 3.79 Å². The first-order valence-corrected chi connectivity index (χ1v) is 8.11. The topological polar surface area (TPSA) is 0 Å². The molecule has 1 atom stereocenters. The molecular formula is C12H10BrClS2. The van der Waals surface area contributed by atoms with Gasteiger partial charge in [0.1, 0.15) is 5.38 Å². The van der Waals surface area contributed by atoms with Gasteiger partial charge in [-0.2, -0.15) is 0 Å². The quantitative estimate of drug-likeness (QED) is 0.646. The molecule has 1 aliphatic carbocycles. The number of hydrogen-bond donors (Lipinski definition) is 0. The monoisotopic (exact) mass is 332 g/mol. The maximum absolute atomic E-state index is 6.51. The van der Waals surface area contributed by atoms with E-state index in [1.165, 1.54) is 34.6 Å². The molecule has 2 heterocycles. The van der Waals surface area contributed by atoms with Crippen molar-refractivity contribution in [1.82, 2.24) is 0 Å². The van der Waals surface area contributed by atoms with Crippen molar-refractivity contribution in [3.63, 3.8) is 0 Å². The molecule has 0 spiro atoms. The normalized spacial score (nSPS) is 16.4. The molecule has 3 rings (SSSR count). The van der Waals surface area contributed by atoms with Gasteiger partial charge >= 0.3 is 0 Å². The van der Waals surface area contributed by atoms with E-state index >= 15 is 0 Å². The smallest absolute Gasteiger partial charge is 0.102 e. The Hall–Kier alpha value is 0.170. The molecule has 4 heteroatoms. The lowest BCUT2D eigenvalue weighted by molar-refractivity contribution is 0.913. The van der Waals surface area contributed by atoms with Crippen LogP contribution in [-0.2, 0) is 12.8 Å². The van der Waals surface area contributed by atoms with Gasteiger partial charge in [-0.3, -0.25) is 0 Å². The molecule has 1 unspecified atom stereocenters. The number of hydrogen-bond acceptors (Lipinski definition) is 2. The third-order valence-electron chi connectivity index (χ3n) is 2.86. The van der Waals surface area contributed by atoms with Crippen LogP contribution < -0.4 is 0 Å². The van der Waals surface area contributed by atoms with Crippen LogP contribution in [0.5, 0.6) is 0 Å². The van der Waals surface area contributed by atoms with Crippen LogP contribution in [0.3, 0.4) is 0 Å². The molecule has 0 radical (unpaired) electrons. The fourth-order valence-corrected chi connectivity index (χ4v) is 5.23. The minimum atomic E-state index is 0.0342. The molecule has 0 amide bonds. The second-order valence-electron chi connectivity index (χ2n) is 3.96. The summed E-state index contributed by atoms with van der Waals surface area (Å²) in [5, 5.41) is 0.0342. The van der Waals surface area contributed by atoms with Crippen molar-refractivity contribution in [3.8, 4) is 0 Å². The lowest BCUT2D eigenvalue weighted by Crippen LogP contribution is -1.85. The first-order valence-electron chi connectivity index (χ1n) is 5.25. The molecule has 0 nitrogen and oxygen atoms in total. The number of thiophene rings is 2. The summed E-state index contributed by atoms with van der Waals surface area (Å²) < 4.78 is 1.15. The van der Waals surface area contributed by atoms with Gasteiger partial charge in [-0.05, 0) is 59.0 Å². The SMILES string of the molecule is ClC(c1ccc(Br)s1)c1cc2c(s1)CCC2. The van der Waals surface area contributed by atoms with E-state index in [1.807, 2.05) is 11.3 Å². The lowest BCUT2D eigenvalue weighted by Gasteiger charge is -2.03. The van der Waals surface area contributed by atoms with Crippen LogP contribution in [0, 0.1) is 0 Å². The van der Waals surface area contributed by atoms with Crippen molar-refractivity contribution in [1.29, 1.82) is 0 Å². The third-order valence-corrected chi connectivity index (χ3v) is 6.58. The highest BCUT2D eigenvalue weighted by molar-refractivity contribution is 9.11. The molecular weight excluding hydrogens is 324 g/mol. The van der Waals surface area contributed by atoms with Gasteiger partial charge < -0.3 is 0 Å². The molecule has 84 valence electrons. The van der Waals surface area contributed by atoms with E-state index in [0.29, 0.717) is 0 Å². The Bertz CT molecular complexity index is 493. The minimum absolute atomic E-state index is 0.0342. The molecule has 0 bridgehead atoms. The standard InChI is InChI=1S/C12H10BrClS2/c13-11-5-4-9(16-11)12(14)10-6-7-2-1-3-8(7)15-10/h4-6,12H,1-3H2. The molecule has 0 aromatic carbocycles. The van der Waals surface area contributed by atoms with E-state index in [9.17, 15) is 0 Å². The van der Waals surface area contributed by atoms with E-state index < -0.39 is 0 Å². The number of fused-ring (bicyclic) bond motifs is 1. The highest BCUT2D eigenvalue weighted by atomic mass is 79.9. The Kier molecular flexibility index (Phi) is 3.13. The predicted octanol–water partition coefficient (Wildman–Crippen LogP) is 5.39. The number of rotatable bonds is 2. The van der Waals surface area contributed by atoms with Crippen molar-refractivity contribution in [2.24, 2.45) is 0 Å². The summed E-state index contributed by atoms with van der Waals surface area (Å²) in [6.45, 7) is 0. The first-order chi connectivity index (χ1) is 7.74. The summed E-state index contributed by atoms with van der Waals surface area (Å²) in [6.07, 6.45) is 3.81. The van der Waals surface area contributed by atoms with E-state index in [2.05, 4.69) is 34.1 Å². The van der Waals surface area contributed by atoms with Gasteiger partial charge in [0, 0.05) is 14.6 Å². The van der Waals surface area contributed by atoms with Crippen molar-refractivity contribution < 1.29 is 0 Å². The summed E-state index contributed by atoms with van der Waals surface area (Å²) in [4.78, 5) is 4.09. The third kappa shape index (κ3) is 1.99. The van der Waals surface area contributed by atoms with Crippen LogP contribution in [0.25, 0.3) is 0 Å². The highest BCUT2D eigenvalue weighted by Gasteiger charge is 2.20. The van der Waals surface area contributed by atoms with Crippen molar-refractivity contribution >= 4 is 50.2 Å². The number of aryl methyl sites for hydroxylation is 2. The van der Waals surface area contributed by atoms with Crippen LogP contribution in [0.15, 0.2) is 22.0 Å². The number of alkyl halides is 1. The van der Waals surface area contributed by atoms with Crippen LogP contribution in [0.1, 0.15) is 32.0 Å². The van der Waals surface area contributed by atoms with Gasteiger partial charge in [-0.1, -0.05) is 0 Å². The molecule has 0 saturated heterocycles. The van der Waals surface area contributed by atoms with Crippen molar-refractivity contribution in [2.75, 3.05) is 0 Å². The second-order valence-corrected chi connectivity index (χ2v) is 8.05. The highest BCUT2D eigenvalue weighted by Crippen LogP contribution is 2.41. The zero-order valence-electron chi connectivity index (χ0n) is 8.50. The van der Waals surface area contributed by atoms with Gasteiger partial charge in [0.2, 0.25) is 0 Å². The Morgan fingerprint density at radius 2 is 2.06 bits per heavy atom. The fraction of sp³-hybridized carbons (Fsp3) is 0.333. The summed E-state index contributed by atoms with van der Waals surface area (Å²) in [7, 11) is 0. The van der Waals surface area contributed by atoms with E-state index in [0.717, 1.165) is 3.79 Å². The van der Waals surface area contributed by atoms with Crippen molar-refractivity contribution in [3.05, 3.63) is 42.2 Å². The predicted molar refractivity (Wildman–Crippen MR) is 76.1 cm³/mol. The summed E-state index contributed by atoms with van der Waals surface area (Å²) in [6, 6.07) is 6.48. The Morgan fingerprint density at radius 1 is 1.19 bits per heavy atom. The molecule has 0 fully saturated rings. The Labute approximate surface area is 116 Å². The number of halogens is 2. The van der Waals surface area contributed by atoms with Crippen molar-refractivity contribution in [2.45, 2.75) is 24.6 Å². The molecule has 0 aliphatic heterocycles. The average Bonchev–Trinajstić information content (AvgIpc) is 2.89. The molecule has 0 N–H and O–H groups in total. The van der Waals surface area contributed by atoms with E-state index in [1.54, 1.807) is 16.2 Å².